The van der Waals surface area contributed by atoms with Crippen LogP contribution in [0, 0.1) is 22.5 Å². The minimum Gasteiger partial charge on any atom is -0.502 e. The average molecular weight is 559 g/mol. The van der Waals surface area contributed by atoms with Crippen LogP contribution in [-0.4, -0.2) is 65.6 Å². The molecule has 6 N–H and O–H groups in total. The molecule has 0 radical (unpaired) electrons. The number of nitrogens with zero attached hydrogens (tertiary/aromatic N) is 3. The molecule has 1 aliphatic heterocycles. The maximum atomic E-state index is 14.0. The summed E-state index contributed by atoms with van der Waals surface area (Å²) in [7, 11) is 3.15. The maximum Gasteiger partial charge on any atom is 0.278 e. The largest absolute Gasteiger partial charge is 0.502 e. The second kappa shape index (κ2) is 9.15. The third-order valence-corrected chi connectivity index (χ3v) is 8.28. The van der Waals surface area contributed by atoms with E-state index in [-0.39, 0.29) is 46.5 Å². The lowest BCUT2D eigenvalue weighted by Gasteiger charge is -2.54. The first kappa shape index (κ1) is 26.3. The Kier molecular flexibility index (Phi) is 6.17. The summed E-state index contributed by atoms with van der Waals surface area (Å²) < 4.78 is 28.5. The molecule has 1 atom stereocenters. The number of H-pyrrole nitrogens is 1. The molecule has 1 spiro atoms. The van der Waals surface area contributed by atoms with E-state index in [4.69, 9.17) is 10.8 Å². The van der Waals surface area contributed by atoms with Crippen molar-refractivity contribution >= 4 is 27.8 Å². The lowest BCUT2D eigenvalue weighted by Crippen LogP contribution is -2.70. The number of benzene rings is 1. The number of likely N-dealkylation sites (N-methyl/N-ethyl adjacent to an activating group) is 2. The molecule has 204 valence electrons. The quantitative estimate of drug-likeness (QED) is 0.212. The van der Waals surface area contributed by atoms with E-state index in [1.54, 1.807) is 12.1 Å². The van der Waals surface area contributed by atoms with Crippen molar-refractivity contribution in [2.45, 2.75) is 31.3 Å². The van der Waals surface area contributed by atoms with Gasteiger partial charge in [0, 0.05) is 50.3 Å². The molecule has 1 unspecified atom stereocenters. The fourth-order valence-electron chi connectivity index (χ4n) is 5.27. The first-order valence-corrected chi connectivity index (χ1v) is 12.6. The van der Waals surface area contributed by atoms with Gasteiger partial charge in [-0.25, -0.2) is 8.78 Å². The maximum absolute atomic E-state index is 14.0. The first-order chi connectivity index (χ1) is 18.4. The van der Waals surface area contributed by atoms with Gasteiger partial charge in [0.25, 0.3) is 5.91 Å². The van der Waals surface area contributed by atoms with Crippen LogP contribution in [0.1, 0.15) is 39.2 Å². The zero-order valence-electron chi connectivity index (χ0n) is 20.8. The van der Waals surface area contributed by atoms with Crippen molar-refractivity contribution in [2.75, 3.05) is 19.1 Å². The highest BCUT2D eigenvalue weighted by Crippen LogP contribution is 2.44. The number of nitrogens with one attached hydrogen (secondary N) is 3. The summed E-state index contributed by atoms with van der Waals surface area (Å²) in [5, 5.41) is 48.8. The molecule has 2 aromatic heterocycles. The molecule has 2 aliphatic rings. The van der Waals surface area contributed by atoms with E-state index in [0.29, 0.717) is 41.8 Å². The zero-order valence-corrected chi connectivity index (χ0v) is 21.6. The van der Waals surface area contributed by atoms with Crippen LogP contribution in [0.5, 0.6) is 17.5 Å². The summed E-state index contributed by atoms with van der Waals surface area (Å²) in [6.07, 6.45) is 1.75. The van der Waals surface area contributed by atoms with Crippen molar-refractivity contribution in [3.63, 3.8) is 0 Å². The van der Waals surface area contributed by atoms with Crippen LogP contribution in [0.2, 0.25) is 0 Å². The molecule has 5 rings (SSSR count). The number of fused-ring (bicyclic) bond motifs is 2. The monoisotopic (exact) mass is 558 g/mol. The minimum atomic E-state index is -1.05. The lowest BCUT2D eigenvalue weighted by molar-refractivity contribution is 0.0332. The second-order valence-electron chi connectivity index (χ2n) is 9.51. The van der Waals surface area contributed by atoms with E-state index >= 15 is 0 Å². The number of carbonyl (C=O) groups excluding carboxylic acids is 1. The van der Waals surface area contributed by atoms with Crippen molar-refractivity contribution < 1.29 is 28.9 Å². The lowest BCUT2D eigenvalue weighted by atomic mass is 9.83. The molecule has 0 saturated carbocycles. The molecule has 3 heterocycles. The molecule has 39 heavy (non-hydrogen) atoms. The van der Waals surface area contributed by atoms with E-state index < -0.39 is 39.4 Å². The molecule has 1 aliphatic carbocycles. The Bertz CT molecular complexity index is 1640. The van der Waals surface area contributed by atoms with Gasteiger partial charge >= 0.3 is 0 Å². The highest BCUT2D eigenvalue weighted by atomic mass is 32.2. The van der Waals surface area contributed by atoms with E-state index in [1.165, 1.54) is 28.9 Å². The number of halogens is 2. The predicted molar refractivity (Wildman–Crippen MR) is 140 cm³/mol. The van der Waals surface area contributed by atoms with E-state index in [9.17, 15) is 33.7 Å². The molecule has 0 bridgehead atoms. The molecule has 11 nitrogen and oxygen atoms in total. The third kappa shape index (κ3) is 4.02. The minimum absolute atomic E-state index is 0.0396. The van der Waals surface area contributed by atoms with Crippen molar-refractivity contribution in [3.8, 4) is 17.5 Å². The highest BCUT2D eigenvalue weighted by molar-refractivity contribution is 8.26. The Balaban J connectivity index is 1.49. The zero-order chi connectivity index (χ0) is 28.4. The van der Waals surface area contributed by atoms with Gasteiger partial charge in [-0.2, -0.15) is 0 Å². The van der Waals surface area contributed by atoms with E-state index in [1.807, 2.05) is 0 Å². The SMILES string of the molecule is CN1C(=O)c2c(O)c(=O)c(C(=N)SC(=N)Cc3ccc(F)cc3F)cn2N(C)C12CCc1c(O)[nH]c(O)c1C2. The number of amides is 1. The fourth-order valence-corrected chi connectivity index (χ4v) is 6.00. The Morgan fingerprint density at radius 1 is 1.13 bits per heavy atom. The fraction of sp³-hybridized carbons (Fsp3) is 0.280. The Labute approximate surface area is 224 Å². The number of carbonyl (C=O) groups is 1. The van der Waals surface area contributed by atoms with Crippen LogP contribution in [0.4, 0.5) is 8.78 Å². The van der Waals surface area contributed by atoms with Crippen LogP contribution in [-0.2, 0) is 19.3 Å². The molecule has 14 heteroatoms. The number of aromatic amines is 1. The van der Waals surface area contributed by atoms with Crippen molar-refractivity contribution in [1.82, 2.24) is 14.6 Å². The Hall–Kier alpha value is -4.33. The number of hydrogen-bond donors (Lipinski definition) is 6. The van der Waals surface area contributed by atoms with Crippen LogP contribution in [0.15, 0.2) is 29.2 Å². The summed E-state index contributed by atoms with van der Waals surface area (Å²) >= 11 is 0.562. The molecule has 3 aromatic rings. The summed E-state index contributed by atoms with van der Waals surface area (Å²) in [5.41, 5.74) is -1.62. The van der Waals surface area contributed by atoms with Crippen molar-refractivity contribution in [2.24, 2.45) is 0 Å². The third-order valence-electron chi connectivity index (χ3n) is 7.47. The highest BCUT2D eigenvalue weighted by Gasteiger charge is 2.51. The number of hydrogen-bond acceptors (Lipinski definition) is 9. The van der Waals surface area contributed by atoms with Gasteiger partial charge in [0.15, 0.2) is 23.2 Å². The van der Waals surface area contributed by atoms with Gasteiger partial charge in [-0.3, -0.25) is 35.1 Å². The van der Waals surface area contributed by atoms with Gasteiger partial charge in [-0.05, 0) is 24.5 Å². The Morgan fingerprint density at radius 2 is 1.82 bits per heavy atom. The van der Waals surface area contributed by atoms with E-state index in [0.717, 1.165) is 6.07 Å². The van der Waals surface area contributed by atoms with Gasteiger partial charge in [0.05, 0.1) is 10.6 Å². The smallest absolute Gasteiger partial charge is 0.278 e. The van der Waals surface area contributed by atoms with Gasteiger partial charge in [-0.15, -0.1) is 0 Å². The van der Waals surface area contributed by atoms with Crippen LogP contribution >= 0.6 is 11.8 Å². The van der Waals surface area contributed by atoms with Gasteiger partial charge in [0.1, 0.15) is 22.3 Å². The second-order valence-corrected chi connectivity index (χ2v) is 10.6. The summed E-state index contributed by atoms with van der Waals surface area (Å²) in [6, 6.07) is 2.93. The predicted octanol–water partition coefficient (Wildman–Crippen LogP) is 2.39. The Morgan fingerprint density at radius 3 is 2.51 bits per heavy atom. The van der Waals surface area contributed by atoms with Gasteiger partial charge in [-0.1, -0.05) is 17.8 Å². The van der Waals surface area contributed by atoms with E-state index in [2.05, 4.69) is 4.98 Å². The molecular weight excluding hydrogens is 534 g/mol. The molecule has 0 saturated heterocycles. The van der Waals surface area contributed by atoms with Gasteiger partial charge in [0.2, 0.25) is 5.43 Å². The van der Waals surface area contributed by atoms with Crippen molar-refractivity contribution in [1.29, 1.82) is 10.8 Å². The first-order valence-electron chi connectivity index (χ1n) is 11.8. The summed E-state index contributed by atoms with van der Waals surface area (Å²) in [4.78, 5) is 30.3. The summed E-state index contributed by atoms with van der Waals surface area (Å²) in [6.45, 7) is 0. The number of pyridine rings is 1. The van der Waals surface area contributed by atoms with Crippen LogP contribution in [0.25, 0.3) is 0 Å². The average Bonchev–Trinajstić information content (AvgIpc) is 3.17. The topological polar surface area (TPSA) is 170 Å². The van der Waals surface area contributed by atoms with Crippen LogP contribution in [0.3, 0.4) is 0 Å². The number of rotatable bonds is 3. The normalized spacial score (nSPS) is 18.3. The standard InChI is InChI=1S/C25H24F2N6O5S/c1-31-24(38)18-20(35)19(34)15(21(29)39-17(28)7-11-3-4-12(26)8-16(11)27)10-33(18)32(2)25(31)6-5-13-14(9-25)23(37)30-22(13)36/h3-4,8,10,28-30,35-37H,5-7,9H2,1-2H3. The summed E-state index contributed by atoms with van der Waals surface area (Å²) in [5.74, 6) is -3.51. The molecular formula is C25H24F2N6O5S. The number of thioether (sulfide) groups is 1. The molecule has 1 aromatic carbocycles. The van der Waals surface area contributed by atoms with Crippen LogP contribution < -0.4 is 10.4 Å². The molecule has 0 fully saturated rings. The molecule has 1 amide bonds. The van der Waals surface area contributed by atoms with Crippen molar-refractivity contribution in [3.05, 3.63) is 74.2 Å². The van der Waals surface area contributed by atoms with Gasteiger partial charge < -0.3 is 20.2 Å². The number of aromatic nitrogens is 2. The number of aromatic hydroxyl groups is 3.